The number of nitrogens with zero attached hydrogens (tertiary/aromatic N) is 2. The molecule has 0 aliphatic carbocycles. The largest absolute Gasteiger partial charge is 0.396 e. The van der Waals surface area contributed by atoms with Crippen LogP contribution in [0.1, 0.15) is 64.0 Å². The molecule has 29 heavy (non-hydrogen) atoms. The summed E-state index contributed by atoms with van der Waals surface area (Å²) < 4.78 is 2.97. The van der Waals surface area contributed by atoms with Gasteiger partial charge in [0.15, 0.2) is 0 Å². The third-order valence-corrected chi connectivity index (χ3v) is 4.80. The van der Waals surface area contributed by atoms with Crippen LogP contribution < -0.4 is 11.0 Å². The van der Waals surface area contributed by atoms with E-state index >= 15 is 0 Å². The molecular weight excluding hydrogens is 370 g/mol. The zero-order chi connectivity index (χ0) is 21.4. The van der Waals surface area contributed by atoms with Crippen molar-refractivity contribution in [2.75, 3.05) is 6.61 Å². The van der Waals surface area contributed by atoms with E-state index in [-0.39, 0.29) is 24.6 Å². The topological polar surface area (TPSA) is 93.3 Å². The highest BCUT2D eigenvalue weighted by Gasteiger charge is 2.31. The van der Waals surface area contributed by atoms with Gasteiger partial charge in [-0.2, -0.15) is 0 Å². The second-order valence-corrected chi connectivity index (χ2v) is 6.72. The molecule has 1 aliphatic heterocycles. The van der Waals surface area contributed by atoms with E-state index in [1.165, 1.54) is 9.13 Å². The number of imidazole rings is 1. The van der Waals surface area contributed by atoms with Gasteiger partial charge in [0.25, 0.3) is 0 Å². The molecule has 0 saturated carbocycles. The smallest absolute Gasteiger partial charge is 0.329 e. The lowest BCUT2D eigenvalue weighted by Crippen LogP contribution is -2.44. The van der Waals surface area contributed by atoms with Crippen LogP contribution in [0.4, 0.5) is 0 Å². The Morgan fingerprint density at radius 1 is 1.14 bits per heavy atom. The van der Waals surface area contributed by atoms with Crippen molar-refractivity contribution in [2.45, 2.75) is 58.4 Å². The van der Waals surface area contributed by atoms with Gasteiger partial charge in [0.2, 0.25) is 11.8 Å². The van der Waals surface area contributed by atoms with E-state index in [1.54, 1.807) is 13.1 Å². The molecule has 1 aromatic heterocycles. The highest BCUT2D eigenvalue weighted by molar-refractivity contribution is 6.00. The number of amides is 2. The predicted molar refractivity (Wildman–Crippen MR) is 112 cm³/mol. The quantitative estimate of drug-likeness (QED) is 0.458. The number of piperidine rings is 1. The van der Waals surface area contributed by atoms with Gasteiger partial charge >= 0.3 is 5.69 Å². The molecule has 2 aromatic rings. The summed E-state index contributed by atoms with van der Waals surface area (Å²) in [5, 5.41) is 11.1. The molecule has 2 amide bonds. The summed E-state index contributed by atoms with van der Waals surface area (Å²) >= 11 is 0. The van der Waals surface area contributed by atoms with Crippen LogP contribution in [0.25, 0.3) is 11.0 Å². The maximum absolute atomic E-state index is 12.7. The monoisotopic (exact) mass is 399 g/mol. The summed E-state index contributed by atoms with van der Waals surface area (Å²) in [5.74, 6) is 5.47. The van der Waals surface area contributed by atoms with Gasteiger partial charge in [0, 0.05) is 32.1 Å². The van der Waals surface area contributed by atoms with Crippen LogP contribution in [0.2, 0.25) is 0 Å². The molecule has 2 heterocycles. The third-order valence-electron chi connectivity index (χ3n) is 4.80. The summed E-state index contributed by atoms with van der Waals surface area (Å²) in [5.41, 5.74) is 1.89. The highest BCUT2D eigenvalue weighted by Crippen LogP contribution is 2.23. The van der Waals surface area contributed by atoms with Crippen molar-refractivity contribution >= 4 is 22.8 Å². The maximum Gasteiger partial charge on any atom is 0.329 e. The van der Waals surface area contributed by atoms with Crippen LogP contribution >= 0.6 is 0 Å². The fourth-order valence-electron chi connectivity index (χ4n) is 3.34. The number of carbonyl (C=O) groups is 2. The SMILES string of the molecule is CC.Cn1c(=O)n(C2CCC(=O)NC2=O)c2ccc(C#CCCCCCO)cc21. The molecule has 1 aromatic carbocycles. The molecule has 1 fully saturated rings. The minimum absolute atomic E-state index is 0.211. The van der Waals surface area contributed by atoms with Crippen LogP contribution in [0.5, 0.6) is 0 Å². The molecule has 7 heteroatoms. The molecular formula is C22H29N3O4. The summed E-state index contributed by atoms with van der Waals surface area (Å²) in [7, 11) is 1.67. The fourth-order valence-corrected chi connectivity index (χ4v) is 3.34. The Kier molecular flexibility index (Phi) is 8.22. The Morgan fingerprint density at radius 3 is 2.59 bits per heavy atom. The Labute approximate surface area is 170 Å². The molecule has 1 unspecified atom stereocenters. The van der Waals surface area contributed by atoms with Gasteiger partial charge in [0.1, 0.15) is 6.04 Å². The number of unbranched alkanes of at least 4 members (excludes halogenated alkanes) is 3. The Morgan fingerprint density at radius 2 is 1.90 bits per heavy atom. The van der Waals surface area contributed by atoms with Gasteiger partial charge in [-0.05, 0) is 37.5 Å². The first-order chi connectivity index (χ1) is 14.0. The first kappa shape index (κ1) is 22.4. The predicted octanol–water partition coefficient (Wildman–Crippen LogP) is 2.25. The number of aliphatic hydroxyl groups is 1. The molecule has 1 aliphatic rings. The van der Waals surface area contributed by atoms with Crippen molar-refractivity contribution < 1.29 is 14.7 Å². The maximum atomic E-state index is 12.7. The summed E-state index contributed by atoms with van der Waals surface area (Å²) in [6.45, 7) is 4.21. The second kappa shape index (κ2) is 10.6. The normalized spacial score (nSPS) is 15.9. The van der Waals surface area contributed by atoms with E-state index in [1.807, 2.05) is 26.0 Å². The first-order valence-electron chi connectivity index (χ1n) is 10.2. The van der Waals surface area contributed by atoms with Crippen LogP contribution in [-0.2, 0) is 16.6 Å². The van der Waals surface area contributed by atoms with E-state index < -0.39 is 11.9 Å². The number of rotatable bonds is 5. The fraction of sp³-hybridized carbons (Fsp3) is 0.500. The van der Waals surface area contributed by atoms with Crippen LogP contribution in [0.15, 0.2) is 23.0 Å². The number of benzene rings is 1. The minimum atomic E-state index is -0.678. The number of hydrogen-bond acceptors (Lipinski definition) is 4. The van der Waals surface area contributed by atoms with E-state index in [0.717, 1.165) is 31.2 Å². The summed E-state index contributed by atoms with van der Waals surface area (Å²) in [6.07, 6.45) is 3.99. The number of hydrogen-bond donors (Lipinski definition) is 2. The number of fused-ring (bicyclic) bond motifs is 1. The van der Waals surface area contributed by atoms with Gasteiger partial charge in [0.05, 0.1) is 11.0 Å². The molecule has 1 saturated heterocycles. The van der Waals surface area contributed by atoms with Gasteiger partial charge in [-0.1, -0.05) is 32.1 Å². The second-order valence-electron chi connectivity index (χ2n) is 6.72. The van der Waals surface area contributed by atoms with Crippen molar-refractivity contribution in [1.82, 2.24) is 14.5 Å². The van der Waals surface area contributed by atoms with Crippen LogP contribution in [0, 0.1) is 11.8 Å². The number of nitrogens with one attached hydrogen (secondary N) is 1. The average Bonchev–Trinajstić information content (AvgIpc) is 2.97. The van der Waals surface area contributed by atoms with E-state index in [2.05, 4.69) is 17.2 Å². The molecule has 0 radical (unpaired) electrons. The van der Waals surface area contributed by atoms with Crippen molar-refractivity contribution in [2.24, 2.45) is 7.05 Å². The van der Waals surface area contributed by atoms with E-state index in [9.17, 15) is 14.4 Å². The summed E-state index contributed by atoms with van der Waals surface area (Å²) in [4.78, 5) is 36.3. The minimum Gasteiger partial charge on any atom is -0.396 e. The zero-order valence-corrected chi connectivity index (χ0v) is 17.3. The van der Waals surface area contributed by atoms with Crippen LogP contribution in [-0.4, -0.2) is 32.7 Å². The molecule has 2 N–H and O–H groups in total. The molecule has 3 rings (SSSR count). The Hall–Kier alpha value is -2.85. The Bertz CT molecular complexity index is 991. The van der Waals surface area contributed by atoms with Gasteiger partial charge in [-0.3, -0.25) is 24.0 Å². The number of aromatic nitrogens is 2. The van der Waals surface area contributed by atoms with E-state index in [0.29, 0.717) is 17.5 Å². The standard InChI is InChI=1S/C20H23N3O4.C2H6/c1-22-17-13-14(7-5-3-2-4-6-12-24)8-9-15(17)23(20(22)27)16-10-11-18(25)21-19(16)26;1-2/h8-9,13,16,24H,2-4,6,10-12H2,1H3,(H,21,25,26);1-2H3. The number of aryl methyl sites for hydroxylation is 1. The third kappa shape index (κ3) is 5.15. The van der Waals surface area contributed by atoms with E-state index in [4.69, 9.17) is 5.11 Å². The highest BCUT2D eigenvalue weighted by atomic mass is 16.3. The van der Waals surface area contributed by atoms with Gasteiger partial charge < -0.3 is 5.11 Å². The zero-order valence-electron chi connectivity index (χ0n) is 17.3. The van der Waals surface area contributed by atoms with Crippen molar-refractivity contribution in [3.63, 3.8) is 0 Å². The average molecular weight is 399 g/mol. The lowest BCUT2D eigenvalue weighted by atomic mass is 10.1. The first-order valence-corrected chi connectivity index (χ1v) is 10.2. The van der Waals surface area contributed by atoms with Gasteiger partial charge in [-0.25, -0.2) is 4.79 Å². The molecule has 7 nitrogen and oxygen atoms in total. The molecule has 0 spiro atoms. The molecule has 0 bridgehead atoms. The number of imide groups is 1. The van der Waals surface area contributed by atoms with Crippen LogP contribution in [0.3, 0.4) is 0 Å². The lowest BCUT2D eigenvalue weighted by Gasteiger charge is -2.21. The molecule has 1 atom stereocenters. The number of carbonyl (C=O) groups excluding carboxylic acids is 2. The Balaban J connectivity index is 0.00000145. The lowest BCUT2D eigenvalue weighted by molar-refractivity contribution is -0.135. The van der Waals surface area contributed by atoms with Crippen molar-refractivity contribution in [3.8, 4) is 11.8 Å². The van der Waals surface area contributed by atoms with Crippen molar-refractivity contribution in [3.05, 3.63) is 34.2 Å². The molecule has 156 valence electrons. The van der Waals surface area contributed by atoms with Gasteiger partial charge in [-0.15, -0.1) is 0 Å². The number of aliphatic hydroxyl groups excluding tert-OH is 1. The van der Waals surface area contributed by atoms with Crippen molar-refractivity contribution in [1.29, 1.82) is 0 Å². The summed E-state index contributed by atoms with van der Waals surface area (Å²) in [6, 6.07) is 4.81.